The van der Waals surface area contributed by atoms with E-state index in [2.05, 4.69) is 0 Å². The van der Waals surface area contributed by atoms with Crippen LogP contribution < -0.4 is 5.48 Å². The highest BCUT2D eigenvalue weighted by atomic mass is 16.6. The van der Waals surface area contributed by atoms with E-state index in [-0.39, 0.29) is 6.61 Å². The molecular formula is C21H19NO3. The number of hydrogen-bond acceptors (Lipinski definition) is 3. The Morgan fingerprint density at radius 2 is 1.12 bits per heavy atom. The first-order valence-electron chi connectivity index (χ1n) is 8.01. The second kappa shape index (κ2) is 7.64. The van der Waals surface area contributed by atoms with Crippen LogP contribution in [0.2, 0.25) is 0 Å². The molecule has 0 spiro atoms. The van der Waals surface area contributed by atoms with Crippen molar-refractivity contribution in [3.05, 3.63) is 108 Å². The molecule has 25 heavy (non-hydrogen) atoms. The molecule has 0 heterocycles. The lowest BCUT2D eigenvalue weighted by atomic mass is 9.70. The molecule has 0 aromatic heterocycles. The molecule has 126 valence electrons. The Bertz CT molecular complexity index is 708. The summed E-state index contributed by atoms with van der Waals surface area (Å²) in [4.78, 5) is 11.6. The van der Waals surface area contributed by atoms with Gasteiger partial charge in [-0.1, -0.05) is 91.0 Å². The maximum Gasteiger partial charge on any atom is 0.431 e. The van der Waals surface area contributed by atoms with Crippen molar-refractivity contribution in [2.24, 2.45) is 0 Å². The normalized spacial score (nSPS) is 10.9. The van der Waals surface area contributed by atoms with Crippen molar-refractivity contribution in [2.75, 3.05) is 6.61 Å². The van der Waals surface area contributed by atoms with E-state index in [1.165, 1.54) is 5.48 Å². The van der Waals surface area contributed by atoms with Crippen molar-refractivity contribution in [1.29, 1.82) is 0 Å². The minimum atomic E-state index is -0.882. The van der Waals surface area contributed by atoms with Gasteiger partial charge in [-0.3, -0.25) is 5.21 Å². The first kappa shape index (κ1) is 16.7. The highest BCUT2D eigenvalue weighted by Gasteiger charge is 2.37. The number of amides is 1. The molecule has 3 aromatic rings. The van der Waals surface area contributed by atoms with Gasteiger partial charge >= 0.3 is 6.09 Å². The molecule has 3 aromatic carbocycles. The van der Waals surface area contributed by atoms with Crippen molar-refractivity contribution in [2.45, 2.75) is 5.41 Å². The van der Waals surface area contributed by atoms with E-state index in [0.717, 1.165) is 16.7 Å². The quantitative estimate of drug-likeness (QED) is 0.419. The molecule has 0 aliphatic heterocycles. The Balaban J connectivity index is 2.22. The minimum Gasteiger partial charge on any atom is -0.446 e. The van der Waals surface area contributed by atoms with E-state index < -0.39 is 11.5 Å². The van der Waals surface area contributed by atoms with Gasteiger partial charge in [0, 0.05) is 0 Å². The number of carbonyl (C=O) groups is 1. The second-order valence-corrected chi connectivity index (χ2v) is 5.69. The zero-order valence-corrected chi connectivity index (χ0v) is 13.6. The first-order valence-corrected chi connectivity index (χ1v) is 8.01. The molecule has 2 N–H and O–H groups in total. The smallest absolute Gasteiger partial charge is 0.431 e. The van der Waals surface area contributed by atoms with Crippen molar-refractivity contribution < 1.29 is 14.7 Å². The van der Waals surface area contributed by atoms with Crippen LogP contribution in [0.15, 0.2) is 91.0 Å². The molecule has 0 radical (unpaired) electrons. The van der Waals surface area contributed by atoms with Gasteiger partial charge in [-0.15, -0.1) is 0 Å². The molecule has 4 nitrogen and oxygen atoms in total. The lowest BCUT2D eigenvalue weighted by molar-refractivity contribution is 0.0803. The van der Waals surface area contributed by atoms with Gasteiger partial charge in [-0.25, -0.2) is 10.3 Å². The zero-order chi connectivity index (χ0) is 17.5. The molecule has 0 atom stereocenters. The molecule has 3 rings (SSSR count). The number of nitrogens with one attached hydrogen (secondary N) is 1. The summed E-state index contributed by atoms with van der Waals surface area (Å²) in [6, 6.07) is 29.7. The van der Waals surface area contributed by atoms with E-state index in [9.17, 15) is 4.79 Å². The molecular weight excluding hydrogens is 314 g/mol. The average Bonchev–Trinajstić information content (AvgIpc) is 2.71. The van der Waals surface area contributed by atoms with Crippen molar-refractivity contribution in [3.8, 4) is 0 Å². The molecule has 0 aliphatic carbocycles. The molecule has 0 saturated carbocycles. The summed E-state index contributed by atoms with van der Waals surface area (Å²) < 4.78 is 5.32. The van der Waals surface area contributed by atoms with Crippen LogP contribution in [-0.4, -0.2) is 17.9 Å². The third-order valence-electron chi connectivity index (χ3n) is 4.31. The van der Waals surface area contributed by atoms with E-state index in [1.807, 2.05) is 91.0 Å². The fourth-order valence-electron chi connectivity index (χ4n) is 3.12. The highest BCUT2D eigenvalue weighted by Crippen LogP contribution is 2.39. The molecule has 0 bridgehead atoms. The van der Waals surface area contributed by atoms with Crippen molar-refractivity contribution in [1.82, 2.24) is 5.48 Å². The van der Waals surface area contributed by atoms with Crippen LogP contribution in [0.1, 0.15) is 16.7 Å². The molecule has 4 heteroatoms. The Labute approximate surface area is 146 Å². The molecule has 0 unspecified atom stereocenters. The first-order chi connectivity index (χ1) is 12.3. The maximum atomic E-state index is 11.6. The standard InChI is InChI=1S/C21H19NO3/c23-20(22-24)25-16-21(17-10-4-1-5-11-17,18-12-6-2-7-13-18)19-14-8-3-9-15-19/h1-15,24H,16H2,(H,22,23). The van der Waals surface area contributed by atoms with E-state index in [4.69, 9.17) is 9.94 Å². The predicted molar refractivity (Wildman–Crippen MR) is 95.5 cm³/mol. The van der Waals surface area contributed by atoms with Gasteiger partial charge < -0.3 is 4.74 Å². The van der Waals surface area contributed by atoms with Crippen LogP contribution in [0.3, 0.4) is 0 Å². The van der Waals surface area contributed by atoms with Gasteiger partial charge in [0.1, 0.15) is 6.61 Å². The van der Waals surface area contributed by atoms with Gasteiger partial charge in [0.15, 0.2) is 0 Å². The fourth-order valence-corrected chi connectivity index (χ4v) is 3.12. The van der Waals surface area contributed by atoms with Crippen LogP contribution in [0, 0.1) is 0 Å². The number of rotatable bonds is 5. The molecule has 1 amide bonds. The molecule has 0 fully saturated rings. The third-order valence-corrected chi connectivity index (χ3v) is 4.31. The van der Waals surface area contributed by atoms with Crippen LogP contribution in [-0.2, 0) is 10.2 Å². The van der Waals surface area contributed by atoms with E-state index >= 15 is 0 Å². The van der Waals surface area contributed by atoms with Crippen LogP contribution in [0.25, 0.3) is 0 Å². The summed E-state index contributed by atoms with van der Waals surface area (Å²) in [6.07, 6.45) is -0.882. The average molecular weight is 333 g/mol. The maximum absolute atomic E-state index is 11.6. The van der Waals surface area contributed by atoms with Crippen LogP contribution in [0.5, 0.6) is 0 Å². The minimum absolute atomic E-state index is 0.0530. The zero-order valence-electron chi connectivity index (χ0n) is 13.6. The predicted octanol–water partition coefficient (Wildman–Crippen LogP) is 4.14. The summed E-state index contributed by atoms with van der Waals surface area (Å²) >= 11 is 0. The van der Waals surface area contributed by atoms with Gasteiger partial charge in [-0.05, 0) is 16.7 Å². The van der Waals surface area contributed by atoms with Gasteiger partial charge in [0.25, 0.3) is 0 Å². The number of ether oxygens (including phenoxy) is 1. The summed E-state index contributed by atoms with van der Waals surface area (Å²) in [6.45, 7) is 0.0530. The topological polar surface area (TPSA) is 58.6 Å². The SMILES string of the molecule is O=C(NO)OCC(c1ccccc1)(c1ccccc1)c1ccccc1. The van der Waals surface area contributed by atoms with Crippen molar-refractivity contribution >= 4 is 6.09 Å². The summed E-state index contributed by atoms with van der Waals surface area (Å²) in [7, 11) is 0. The van der Waals surface area contributed by atoms with Gasteiger partial charge in [0.05, 0.1) is 5.41 Å². The number of hydrogen-bond donors (Lipinski definition) is 2. The third kappa shape index (κ3) is 3.39. The van der Waals surface area contributed by atoms with Crippen LogP contribution in [0.4, 0.5) is 4.79 Å². The lowest BCUT2D eigenvalue weighted by Gasteiger charge is -2.35. The largest absolute Gasteiger partial charge is 0.446 e. The Kier molecular flexibility index (Phi) is 5.11. The van der Waals surface area contributed by atoms with E-state index in [1.54, 1.807) is 0 Å². The second-order valence-electron chi connectivity index (χ2n) is 5.69. The number of benzene rings is 3. The molecule has 0 aliphatic rings. The number of carbonyl (C=O) groups excluding carboxylic acids is 1. The summed E-state index contributed by atoms with van der Waals surface area (Å²) in [5.41, 5.74) is 3.84. The Hall–Kier alpha value is -3.11. The summed E-state index contributed by atoms with van der Waals surface area (Å²) in [5.74, 6) is 0. The Morgan fingerprint density at radius 3 is 1.44 bits per heavy atom. The summed E-state index contributed by atoms with van der Waals surface area (Å²) in [5, 5.41) is 8.82. The van der Waals surface area contributed by atoms with E-state index in [0.29, 0.717) is 0 Å². The van der Waals surface area contributed by atoms with Crippen LogP contribution >= 0.6 is 0 Å². The van der Waals surface area contributed by atoms with Gasteiger partial charge in [0.2, 0.25) is 0 Å². The monoisotopic (exact) mass is 333 g/mol. The van der Waals surface area contributed by atoms with Gasteiger partial charge in [-0.2, -0.15) is 0 Å². The highest BCUT2D eigenvalue weighted by molar-refractivity contribution is 5.66. The van der Waals surface area contributed by atoms with Crippen molar-refractivity contribution in [3.63, 3.8) is 0 Å². The fraction of sp³-hybridized carbons (Fsp3) is 0.0952. The molecule has 0 saturated heterocycles. The number of hydroxylamine groups is 1. The Morgan fingerprint density at radius 1 is 0.760 bits per heavy atom. The lowest BCUT2D eigenvalue weighted by Crippen LogP contribution is -2.37.